The fraction of sp³-hybridized carbons (Fsp3) is 0.120. The predicted molar refractivity (Wildman–Crippen MR) is 154 cm³/mol. The number of benzene rings is 2. The average molecular weight is 716 g/mol. The first-order valence-corrected chi connectivity index (χ1v) is 19.5. The molecular formula is C25H25BrF10N2S2Si. The van der Waals surface area contributed by atoms with Gasteiger partial charge in [0.1, 0.15) is 17.9 Å². The Labute approximate surface area is 240 Å². The maximum Gasteiger partial charge on any atom is 0.310 e. The van der Waals surface area contributed by atoms with Crippen molar-refractivity contribution < 1.29 is 38.9 Å². The molecule has 2 nitrogen and oxygen atoms in total. The molecule has 0 amide bonds. The first-order valence-electron chi connectivity index (χ1n) is 11.3. The average Bonchev–Trinajstić information content (AvgIpc) is 2.83. The normalized spacial score (nSPS) is 15.4. The molecule has 0 bridgehead atoms. The summed E-state index contributed by atoms with van der Waals surface area (Å²) < 4.78 is 124. The van der Waals surface area contributed by atoms with Crippen molar-refractivity contribution in [1.29, 1.82) is 0 Å². The number of aromatic nitrogens is 2. The number of rotatable bonds is 4. The van der Waals surface area contributed by atoms with Crippen LogP contribution in [0.5, 0.6) is 0 Å². The van der Waals surface area contributed by atoms with Gasteiger partial charge in [-0.05, 0) is 54.6 Å². The maximum atomic E-state index is 12.6. The molecule has 2 heterocycles. The molecule has 0 saturated carbocycles. The third-order valence-corrected chi connectivity index (χ3v) is 9.53. The molecule has 0 fully saturated rings. The molecule has 0 atom stereocenters. The van der Waals surface area contributed by atoms with Crippen LogP contribution in [0, 0.1) is 0 Å². The Kier molecular flexibility index (Phi) is 8.71. The van der Waals surface area contributed by atoms with Crippen molar-refractivity contribution in [1.82, 2.24) is 9.97 Å². The molecule has 0 spiro atoms. The third kappa shape index (κ3) is 11.7. The smallest absolute Gasteiger partial charge is 0.266 e. The van der Waals surface area contributed by atoms with Crippen molar-refractivity contribution in [2.75, 3.05) is 0 Å². The molecule has 0 aliphatic rings. The first kappa shape index (κ1) is 34.6. The summed E-state index contributed by atoms with van der Waals surface area (Å²) in [6.07, 6.45) is 3.25. The van der Waals surface area contributed by atoms with Crippen LogP contribution in [0.2, 0.25) is 19.6 Å². The Morgan fingerprint density at radius 2 is 1.05 bits per heavy atom. The van der Waals surface area contributed by atoms with Gasteiger partial charge in [-0.15, -0.1) is 0 Å². The monoisotopic (exact) mass is 714 g/mol. The van der Waals surface area contributed by atoms with Gasteiger partial charge in [0.15, 0.2) is 0 Å². The molecule has 0 aliphatic carbocycles. The van der Waals surface area contributed by atoms with E-state index >= 15 is 0 Å². The minimum Gasteiger partial charge on any atom is -0.266 e. The van der Waals surface area contributed by atoms with Crippen LogP contribution in [0.1, 0.15) is 0 Å². The van der Waals surface area contributed by atoms with Gasteiger partial charge >= 0.3 is 20.4 Å². The summed E-state index contributed by atoms with van der Waals surface area (Å²) in [5.74, 6) is 0. The van der Waals surface area contributed by atoms with E-state index in [4.69, 9.17) is 0 Å². The third-order valence-electron chi connectivity index (χ3n) is 4.91. The number of halogens is 11. The highest BCUT2D eigenvalue weighted by molar-refractivity contribution is 9.10. The lowest BCUT2D eigenvalue weighted by Crippen LogP contribution is -2.39. The van der Waals surface area contributed by atoms with E-state index in [2.05, 4.69) is 57.7 Å². The van der Waals surface area contributed by atoms with Gasteiger partial charge in [-0.1, -0.05) is 105 Å². The summed E-state index contributed by atoms with van der Waals surface area (Å²) in [5, 5.41) is 1.29. The van der Waals surface area contributed by atoms with Crippen molar-refractivity contribution in [2.24, 2.45) is 0 Å². The zero-order valence-corrected chi connectivity index (χ0v) is 25.8. The molecule has 2 aromatic heterocycles. The quantitative estimate of drug-likeness (QED) is 0.155. The summed E-state index contributed by atoms with van der Waals surface area (Å²) in [4.78, 5) is 4.35. The van der Waals surface area contributed by atoms with Crippen LogP contribution in [-0.2, 0) is 0 Å². The van der Waals surface area contributed by atoms with E-state index in [9.17, 15) is 38.9 Å². The molecule has 4 rings (SSSR count). The maximum absolute atomic E-state index is 12.6. The van der Waals surface area contributed by atoms with Crippen LogP contribution in [0.15, 0.2) is 112 Å². The van der Waals surface area contributed by atoms with Gasteiger partial charge in [-0.3, -0.25) is 9.97 Å². The van der Waals surface area contributed by atoms with Crippen molar-refractivity contribution in [3.63, 3.8) is 0 Å². The molecule has 41 heavy (non-hydrogen) atoms. The molecule has 228 valence electrons. The van der Waals surface area contributed by atoms with E-state index in [-0.39, 0.29) is 15.7 Å². The second kappa shape index (κ2) is 10.3. The Hall–Kier alpha value is -2.56. The number of pyridine rings is 2. The number of hydrogen-bond donors (Lipinski definition) is 0. The minimum atomic E-state index is -9.63. The Balaban J connectivity index is 0.000000226. The molecule has 0 aliphatic heterocycles. The Bertz CT molecular complexity index is 1490. The number of hydrogen-bond acceptors (Lipinski definition) is 2. The van der Waals surface area contributed by atoms with Crippen molar-refractivity contribution in [3.05, 3.63) is 102 Å². The molecule has 2 aromatic carbocycles. The second-order valence-electron chi connectivity index (χ2n) is 9.60. The summed E-state index contributed by atoms with van der Waals surface area (Å²) >= 11 is 2.69. The van der Waals surface area contributed by atoms with Gasteiger partial charge in [0, 0.05) is 27.7 Å². The highest BCUT2D eigenvalue weighted by Gasteiger charge is 2.66. The lowest BCUT2D eigenvalue weighted by Gasteiger charge is -2.40. The van der Waals surface area contributed by atoms with E-state index in [1.165, 1.54) is 29.7 Å². The Morgan fingerprint density at radius 3 is 1.41 bits per heavy atom. The molecule has 4 aromatic rings. The lowest BCUT2D eigenvalue weighted by atomic mass is 10.1. The molecule has 16 heteroatoms. The van der Waals surface area contributed by atoms with E-state index in [1.54, 1.807) is 12.1 Å². The summed E-state index contributed by atoms with van der Waals surface area (Å²) in [6, 6.07) is 16.6. The van der Waals surface area contributed by atoms with Gasteiger partial charge in [0.05, 0.1) is 5.69 Å². The molecular weight excluding hydrogens is 690 g/mol. The van der Waals surface area contributed by atoms with Crippen LogP contribution in [0.4, 0.5) is 38.9 Å². The summed E-state index contributed by atoms with van der Waals surface area (Å²) in [6.45, 7) is 6.90. The van der Waals surface area contributed by atoms with Crippen molar-refractivity contribution >= 4 is 49.8 Å². The van der Waals surface area contributed by atoms with Gasteiger partial charge in [-0.25, -0.2) is 0 Å². The zero-order chi connectivity index (χ0) is 31.5. The van der Waals surface area contributed by atoms with Gasteiger partial charge in [0.2, 0.25) is 0 Å². The fourth-order valence-corrected chi connectivity index (χ4v) is 5.92. The van der Waals surface area contributed by atoms with Crippen LogP contribution >= 0.6 is 36.4 Å². The highest BCUT2D eigenvalue weighted by atomic mass is 79.9. The van der Waals surface area contributed by atoms with Crippen molar-refractivity contribution in [2.45, 2.75) is 29.4 Å². The highest BCUT2D eigenvalue weighted by Crippen LogP contribution is 3.02. The fourth-order valence-electron chi connectivity index (χ4n) is 2.94. The molecule has 0 saturated heterocycles. The molecule has 0 N–H and O–H groups in total. The molecule has 0 radical (unpaired) electrons. The van der Waals surface area contributed by atoms with Crippen LogP contribution in [0.25, 0.3) is 11.3 Å². The lowest BCUT2D eigenvalue weighted by molar-refractivity contribution is 0.360. The van der Waals surface area contributed by atoms with Crippen LogP contribution in [-0.4, -0.2) is 18.0 Å². The van der Waals surface area contributed by atoms with Crippen LogP contribution in [0.3, 0.4) is 0 Å². The second-order valence-corrected chi connectivity index (χ2v) is 20.3. The first-order chi connectivity index (χ1) is 18.2. The van der Waals surface area contributed by atoms with E-state index in [0.29, 0.717) is 24.3 Å². The van der Waals surface area contributed by atoms with Gasteiger partial charge in [0.25, 0.3) is 0 Å². The molecule has 0 unspecified atom stereocenters. The SMILES string of the molecule is C[Si](C)(C)c1ccccn1.FS(F)(F)(F)(F)c1cccc(-c2ccccn2)c1.FS(F)(F)(F)(F)c1cccc(Br)c1. The topological polar surface area (TPSA) is 25.8 Å². The summed E-state index contributed by atoms with van der Waals surface area (Å²) in [5.41, 5.74) is 0.211. The largest absolute Gasteiger partial charge is 0.310 e. The number of nitrogens with zero attached hydrogens (tertiary/aromatic N) is 2. The van der Waals surface area contributed by atoms with E-state index in [0.717, 1.165) is 12.1 Å². The van der Waals surface area contributed by atoms with Gasteiger partial charge < -0.3 is 0 Å². The zero-order valence-electron chi connectivity index (χ0n) is 21.6. The minimum absolute atomic E-state index is 0.00125. The standard InChI is InChI=1S/C11H8F5NS.C8H13NSi.C6H4BrF5S/c12-18(13,14,15,16)10-5-3-4-9(8-10)11-6-1-2-7-17-11;1-10(2,3)8-6-4-5-7-9-8;7-5-2-1-3-6(4-5)13(8,9,10,11)12/h1-8H;4-7H,1-3H3;1-4H. The van der Waals surface area contributed by atoms with E-state index < -0.39 is 38.3 Å². The van der Waals surface area contributed by atoms with Gasteiger partial charge in [-0.2, -0.15) is 0 Å². The van der Waals surface area contributed by atoms with E-state index in [1.807, 2.05) is 12.3 Å². The predicted octanol–water partition coefficient (Wildman–Crippen LogP) is 12.1. The summed E-state index contributed by atoms with van der Waals surface area (Å²) in [7, 11) is -20.3. The van der Waals surface area contributed by atoms with Crippen LogP contribution < -0.4 is 5.32 Å². The van der Waals surface area contributed by atoms with Crippen molar-refractivity contribution in [3.8, 4) is 11.3 Å². The Morgan fingerprint density at radius 1 is 0.561 bits per heavy atom.